The second-order valence-electron chi connectivity index (χ2n) is 8.37. The van der Waals surface area contributed by atoms with Crippen molar-refractivity contribution < 1.29 is 18.0 Å². The molecule has 1 aromatic rings. The van der Waals surface area contributed by atoms with Crippen LogP contribution in [0.2, 0.25) is 0 Å². The first-order valence-electron chi connectivity index (χ1n) is 10.3. The van der Waals surface area contributed by atoms with Crippen LogP contribution >= 0.6 is 0 Å². The molecule has 1 atom stereocenters. The molecule has 7 nitrogen and oxygen atoms in total. The van der Waals surface area contributed by atoms with E-state index in [1.807, 2.05) is 25.1 Å². The number of anilines is 1. The van der Waals surface area contributed by atoms with Gasteiger partial charge in [-0.15, -0.1) is 0 Å². The minimum absolute atomic E-state index is 0.0630. The van der Waals surface area contributed by atoms with Gasteiger partial charge in [-0.25, -0.2) is 8.42 Å². The van der Waals surface area contributed by atoms with E-state index in [9.17, 15) is 18.0 Å². The number of amides is 2. The molecule has 0 radical (unpaired) electrons. The quantitative estimate of drug-likeness (QED) is 0.788. The molecule has 3 rings (SSSR count). The maximum Gasteiger partial charge on any atom is 0.247 e. The standard InChI is InChI=1S/C21H31N3O4S/c1-4-16-9-8-12-18(13-16)24-19(25)14-23(29(3,27)28)15-21(24,2)20(26)22-17-10-6-5-7-11-17/h8-9,12-13,17H,4-7,10-11,14-15H2,1-3H3,(H,22,26)/t21-/m0/s1. The van der Waals surface area contributed by atoms with E-state index < -0.39 is 21.5 Å². The first-order chi connectivity index (χ1) is 13.6. The highest BCUT2D eigenvalue weighted by molar-refractivity contribution is 7.88. The van der Waals surface area contributed by atoms with Gasteiger partial charge < -0.3 is 5.32 Å². The number of nitrogens with zero attached hydrogens (tertiary/aromatic N) is 2. The van der Waals surface area contributed by atoms with E-state index >= 15 is 0 Å². The number of nitrogens with one attached hydrogen (secondary N) is 1. The Morgan fingerprint density at radius 3 is 2.55 bits per heavy atom. The van der Waals surface area contributed by atoms with Crippen LogP contribution in [0.1, 0.15) is 51.5 Å². The molecule has 2 aliphatic rings. The molecule has 29 heavy (non-hydrogen) atoms. The number of piperazine rings is 1. The lowest BCUT2D eigenvalue weighted by atomic mass is 9.91. The van der Waals surface area contributed by atoms with E-state index in [1.165, 1.54) is 11.3 Å². The van der Waals surface area contributed by atoms with Crippen LogP contribution in [0.15, 0.2) is 24.3 Å². The van der Waals surface area contributed by atoms with Crippen molar-refractivity contribution in [2.45, 2.75) is 64.0 Å². The molecule has 0 bridgehead atoms. The minimum atomic E-state index is -3.61. The first kappa shape index (κ1) is 21.8. The van der Waals surface area contributed by atoms with Crippen LogP contribution < -0.4 is 10.2 Å². The predicted octanol–water partition coefficient (Wildman–Crippen LogP) is 2.06. The lowest BCUT2D eigenvalue weighted by Crippen LogP contribution is -2.70. The molecule has 0 unspecified atom stereocenters. The molecule has 2 amide bonds. The molecule has 1 heterocycles. The molecule has 0 spiro atoms. The Kier molecular flexibility index (Phi) is 6.33. The summed E-state index contributed by atoms with van der Waals surface area (Å²) in [6.07, 6.45) is 7.01. The van der Waals surface area contributed by atoms with Gasteiger partial charge in [0.25, 0.3) is 0 Å². The van der Waals surface area contributed by atoms with Gasteiger partial charge in [-0.2, -0.15) is 4.31 Å². The fourth-order valence-corrected chi connectivity index (χ4v) is 5.14. The van der Waals surface area contributed by atoms with Crippen molar-refractivity contribution in [2.75, 3.05) is 24.2 Å². The maximum atomic E-state index is 13.4. The molecule has 8 heteroatoms. The van der Waals surface area contributed by atoms with Crippen molar-refractivity contribution in [3.05, 3.63) is 29.8 Å². The number of hydrogen-bond acceptors (Lipinski definition) is 4. The summed E-state index contributed by atoms with van der Waals surface area (Å²) >= 11 is 0. The highest BCUT2D eigenvalue weighted by Gasteiger charge is 2.50. The van der Waals surface area contributed by atoms with E-state index in [4.69, 9.17) is 0 Å². The van der Waals surface area contributed by atoms with E-state index in [0.717, 1.165) is 48.2 Å². The number of aryl methyl sites for hydroxylation is 1. The zero-order valence-corrected chi connectivity index (χ0v) is 18.3. The van der Waals surface area contributed by atoms with Crippen LogP contribution in [0.3, 0.4) is 0 Å². The van der Waals surface area contributed by atoms with Gasteiger partial charge in [0.15, 0.2) is 0 Å². The highest BCUT2D eigenvalue weighted by atomic mass is 32.2. The summed E-state index contributed by atoms with van der Waals surface area (Å²) in [5, 5.41) is 3.10. The van der Waals surface area contributed by atoms with Crippen LogP contribution in [0.5, 0.6) is 0 Å². The van der Waals surface area contributed by atoms with E-state index in [2.05, 4.69) is 5.32 Å². The largest absolute Gasteiger partial charge is 0.351 e. The number of carbonyl (C=O) groups excluding carboxylic acids is 2. The smallest absolute Gasteiger partial charge is 0.247 e. The summed E-state index contributed by atoms with van der Waals surface area (Å²) in [5.41, 5.74) is 0.363. The molecular formula is C21H31N3O4S. The Balaban J connectivity index is 1.98. The topological polar surface area (TPSA) is 86.8 Å². The average molecular weight is 422 g/mol. The lowest BCUT2D eigenvalue weighted by Gasteiger charge is -2.47. The fourth-order valence-electron chi connectivity index (χ4n) is 4.31. The van der Waals surface area contributed by atoms with Gasteiger partial charge in [0.2, 0.25) is 21.8 Å². The van der Waals surface area contributed by atoms with Gasteiger partial charge in [0.1, 0.15) is 5.54 Å². The van der Waals surface area contributed by atoms with Crippen LogP contribution in [0.4, 0.5) is 5.69 Å². The fraction of sp³-hybridized carbons (Fsp3) is 0.619. The average Bonchev–Trinajstić information content (AvgIpc) is 2.67. The first-order valence-corrected chi connectivity index (χ1v) is 12.2. The molecule has 160 valence electrons. The van der Waals surface area contributed by atoms with E-state index in [-0.39, 0.29) is 25.0 Å². The molecular weight excluding hydrogens is 390 g/mol. The number of sulfonamides is 1. The van der Waals surface area contributed by atoms with Gasteiger partial charge in [-0.1, -0.05) is 38.3 Å². The summed E-state index contributed by atoms with van der Waals surface area (Å²) in [5.74, 6) is -0.691. The summed E-state index contributed by atoms with van der Waals surface area (Å²) < 4.78 is 25.5. The Labute approximate surface area is 173 Å². The van der Waals surface area contributed by atoms with Gasteiger partial charge in [0.05, 0.1) is 12.8 Å². The molecule has 1 saturated carbocycles. The summed E-state index contributed by atoms with van der Waals surface area (Å²) in [7, 11) is -3.61. The van der Waals surface area contributed by atoms with Gasteiger partial charge >= 0.3 is 0 Å². The third-order valence-corrected chi connectivity index (χ3v) is 7.21. The maximum absolute atomic E-state index is 13.4. The second kappa shape index (κ2) is 8.44. The summed E-state index contributed by atoms with van der Waals surface area (Å²) in [6.45, 7) is 3.37. The Morgan fingerprint density at radius 2 is 1.93 bits per heavy atom. The predicted molar refractivity (Wildman–Crippen MR) is 113 cm³/mol. The highest BCUT2D eigenvalue weighted by Crippen LogP contribution is 2.32. The molecule has 1 aliphatic carbocycles. The van der Waals surface area contributed by atoms with Crippen LogP contribution in [0.25, 0.3) is 0 Å². The van der Waals surface area contributed by atoms with Crippen molar-refractivity contribution >= 4 is 27.5 Å². The van der Waals surface area contributed by atoms with Crippen LogP contribution in [-0.4, -0.2) is 55.5 Å². The normalized spacial score (nSPS) is 24.5. The zero-order chi connectivity index (χ0) is 21.2. The van der Waals surface area contributed by atoms with Crippen LogP contribution in [0, 0.1) is 0 Å². The monoisotopic (exact) mass is 421 g/mol. The van der Waals surface area contributed by atoms with E-state index in [1.54, 1.807) is 13.0 Å². The Morgan fingerprint density at radius 1 is 1.24 bits per heavy atom. The molecule has 0 aromatic heterocycles. The van der Waals surface area contributed by atoms with Crippen LogP contribution in [-0.2, 0) is 26.0 Å². The van der Waals surface area contributed by atoms with Gasteiger partial charge in [-0.05, 0) is 43.9 Å². The van der Waals surface area contributed by atoms with Crippen molar-refractivity contribution in [3.63, 3.8) is 0 Å². The molecule has 1 N–H and O–H groups in total. The zero-order valence-electron chi connectivity index (χ0n) is 17.5. The molecule has 1 aromatic carbocycles. The molecule has 1 aliphatic heterocycles. The van der Waals surface area contributed by atoms with Crippen molar-refractivity contribution in [2.24, 2.45) is 0 Å². The Bertz CT molecular complexity index is 880. The number of carbonyl (C=O) groups is 2. The third-order valence-electron chi connectivity index (χ3n) is 6.01. The third kappa shape index (κ3) is 4.64. The number of rotatable bonds is 5. The van der Waals surface area contributed by atoms with E-state index in [0.29, 0.717) is 5.69 Å². The molecule has 1 saturated heterocycles. The van der Waals surface area contributed by atoms with Gasteiger partial charge in [-0.3, -0.25) is 14.5 Å². The number of benzene rings is 1. The minimum Gasteiger partial charge on any atom is -0.351 e. The summed E-state index contributed by atoms with van der Waals surface area (Å²) in [6, 6.07) is 7.62. The lowest BCUT2D eigenvalue weighted by molar-refractivity contribution is -0.133. The van der Waals surface area contributed by atoms with Gasteiger partial charge in [0, 0.05) is 18.3 Å². The number of hydrogen-bond donors (Lipinski definition) is 1. The second-order valence-corrected chi connectivity index (χ2v) is 10.3. The molecule has 2 fully saturated rings. The SMILES string of the molecule is CCc1cccc(N2C(=O)CN(S(C)(=O)=O)C[C@@]2(C)C(=O)NC2CCCCC2)c1. The summed E-state index contributed by atoms with van der Waals surface area (Å²) in [4.78, 5) is 28.0. The van der Waals surface area contributed by atoms with Crippen molar-refractivity contribution in [3.8, 4) is 0 Å². The van der Waals surface area contributed by atoms with Crippen molar-refractivity contribution in [1.29, 1.82) is 0 Å². The van der Waals surface area contributed by atoms with Crippen molar-refractivity contribution in [1.82, 2.24) is 9.62 Å². The Hall–Kier alpha value is -1.93.